The number of carboxylic acids is 1. The average Bonchev–Trinajstić information content (AvgIpc) is 3.26. The summed E-state index contributed by atoms with van der Waals surface area (Å²) in [6.45, 7) is 0.320. The van der Waals surface area contributed by atoms with E-state index < -0.39 is 24.6 Å². The number of nitrogens with zero attached hydrogens (tertiary/aromatic N) is 4. The lowest BCUT2D eigenvalue weighted by Gasteiger charge is -2.31. The van der Waals surface area contributed by atoms with Crippen LogP contribution in [0.4, 0.5) is 17.6 Å². The largest absolute Gasteiger partial charge is 0.482 e. The van der Waals surface area contributed by atoms with Gasteiger partial charge in [0, 0.05) is 35.3 Å². The normalized spacial score (nSPS) is 14.8. The van der Waals surface area contributed by atoms with Gasteiger partial charge in [0.15, 0.2) is 6.61 Å². The number of imidazole rings is 1. The first kappa shape index (κ1) is 29.6. The van der Waals surface area contributed by atoms with E-state index in [1.54, 1.807) is 29.8 Å². The molecule has 2 aromatic carbocycles. The summed E-state index contributed by atoms with van der Waals surface area (Å²) < 4.78 is 64.8. The van der Waals surface area contributed by atoms with Gasteiger partial charge in [-0.25, -0.2) is 19.2 Å². The number of aryl methyl sites for hydroxylation is 1. The Hall–Kier alpha value is -3.90. The van der Waals surface area contributed by atoms with Crippen molar-refractivity contribution in [3.8, 4) is 11.6 Å². The van der Waals surface area contributed by atoms with Crippen LogP contribution in [0.5, 0.6) is 11.6 Å². The van der Waals surface area contributed by atoms with Crippen LogP contribution in [-0.2, 0) is 20.2 Å². The highest BCUT2D eigenvalue weighted by molar-refractivity contribution is 6.30. The molecule has 2 aromatic heterocycles. The first-order chi connectivity index (χ1) is 20.0. The van der Waals surface area contributed by atoms with Crippen molar-refractivity contribution < 1.29 is 36.9 Å². The minimum absolute atomic E-state index is 0.0207. The maximum Gasteiger partial charge on any atom is 0.422 e. The summed E-state index contributed by atoms with van der Waals surface area (Å²) in [5, 5.41) is 9.76. The number of rotatable bonds is 9. The summed E-state index contributed by atoms with van der Waals surface area (Å²) in [5.41, 5.74) is 1.61. The van der Waals surface area contributed by atoms with Crippen LogP contribution in [-0.4, -0.2) is 56.4 Å². The van der Waals surface area contributed by atoms with E-state index in [9.17, 15) is 27.5 Å². The maximum absolute atomic E-state index is 14.1. The molecule has 0 saturated carbocycles. The van der Waals surface area contributed by atoms with Crippen LogP contribution in [0.15, 0.2) is 48.5 Å². The number of aromatic carboxylic acids is 1. The number of likely N-dealkylation sites (tertiary alicyclic amines) is 1. The molecule has 222 valence electrons. The Morgan fingerprint density at radius 1 is 1.10 bits per heavy atom. The number of carbonyl (C=O) groups is 1. The molecule has 0 radical (unpaired) electrons. The highest BCUT2D eigenvalue weighted by atomic mass is 35.5. The van der Waals surface area contributed by atoms with Crippen LogP contribution in [0.2, 0.25) is 5.02 Å². The van der Waals surface area contributed by atoms with E-state index in [1.165, 1.54) is 12.1 Å². The molecule has 13 heteroatoms. The molecule has 0 aliphatic carbocycles. The number of alkyl halides is 3. The second-order valence-electron chi connectivity index (χ2n) is 10.1. The molecule has 0 unspecified atom stereocenters. The van der Waals surface area contributed by atoms with Gasteiger partial charge in [-0.15, -0.1) is 0 Å². The van der Waals surface area contributed by atoms with E-state index in [1.807, 2.05) is 12.1 Å². The monoisotopic (exact) mass is 606 g/mol. The van der Waals surface area contributed by atoms with Gasteiger partial charge in [-0.3, -0.25) is 4.90 Å². The Labute approximate surface area is 243 Å². The Morgan fingerprint density at radius 2 is 1.86 bits per heavy atom. The molecular formula is C29H27ClF4N4O4. The Balaban J connectivity index is 1.24. The summed E-state index contributed by atoms with van der Waals surface area (Å²) in [6.07, 6.45) is -2.98. The van der Waals surface area contributed by atoms with Crippen molar-refractivity contribution in [3.05, 3.63) is 82.0 Å². The fraction of sp³-hybridized carbons (Fsp3) is 0.345. The van der Waals surface area contributed by atoms with E-state index in [-0.39, 0.29) is 29.4 Å². The second-order valence-corrected chi connectivity index (χ2v) is 10.6. The lowest BCUT2D eigenvalue weighted by Crippen LogP contribution is -2.33. The number of fused-ring (bicyclic) bond motifs is 1. The number of pyridine rings is 1. The summed E-state index contributed by atoms with van der Waals surface area (Å²) in [6, 6.07) is 12.4. The van der Waals surface area contributed by atoms with Crippen LogP contribution in [0.1, 0.15) is 46.2 Å². The smallest absolute Gasteiger partial charge is 0.422 e. The number of piperidine rings is 1. The molecule has 0 amide bonds. The van der Waals surface area contributed by atoms with Crippen LogP contribution < -0.4 is 9.47 Å². The average molecular weight is 607 g/mol. The van der Waals surface area contributed by atoms with E-state index in [4.69, 9.17) is 21.1 Å². The van der Waals surface area contributed by atoms with Crippen molar-refractivity contribution in [1.82, 2.24) is 19.4 Å². The van der Waals surface area contributed by atoms with Crippen molar-refractivity contribution in [1.29, 1.82) is 0 Å². The molecule has 0 bridgehead atoms. The molecule has 1 fully saturated rings. The zero-order valence-electron chi connectivity index (χ0n) is 22.5. The molecule has 0 spiro atoms. The fourth-order valence-electron chi connectivity index (χ4n) is 4.95. The first-order valence-corrected chi connectivity index (χ1v) is 13.5. The first-order valence-electron chi connectivity index (χ1n) is 13.1. The molecule has 5 rings (SSSR count). The molecule has 3 heterocycles. The Kier molecular flexibility index (Phi) is 8.55. The zero-order valence-corrected chi connectivity index (χ0v) is 23.3. The number of carboxylic acid groups (broad SMARTS) is 1. The zero-order chi connectivity index (χ0) is 30.0. The van der Waals surface area contributed by atoms with Gasteiger partial charge < -0.3 is 19.1 Å². The molecule has 8 nitrogen and oxygen atoms in total. The van der Waals surface area contributed by atoms with Crippen molar-refractivity contribution in [2.24, 2.45) is 7.05 Å². The Bertz CT molecular complexity index is 1600. The molecule has 42 heavy (non-hydrogen) atoms. The number of ether oxygens (including phenoxy) is 2. The summed E-state index contributed by atoms with van der Waals surface area (Å²) in [7, 11) is 1.70. The van der Waals surface area contributed by atoms with Crippen LogP contribution in [0, 0.1) is 5.82 Å². The Morgan fingerprint density at radius 3 is 2.55 bits per heavy atom. The highest BCUT2D eigenvalue weighted by Crippen LogP contribution is 2.32. The van der Waals surface area contributed by atoms with Crippen molar-refractivity contribution in [2.75, 3.05) is 19.7 Å². The number of aromatic nitrogens is 3. The van der Waals surface area contributed by atoms with Gasteiger partial charge in [0.1, 0.15) is 29.5 Å². The summed E-state index contributed by atoms with van der Waals surface area (Å²) in [4.78, 5) is 22.9. The third kappa shape index (κ3) is 6.93. The van der Waals surface area contributed by atoms with Gasteiger partial charge in [0.2, 0.25) is 5.88 Å². The minimum Gasteiger partial charge on any atom is -0.482 e. The number of hydrogen-bond acceptors (Lipinski definition) is 6. The van der Waals surface area contributed by atoms with Crippen molar-refractivity contribution in [2.45, 2.75) is 38.1 Å². The lowest BCUT2D eigenvalue weighted by molar-refractivity contribution is -0.153. The van der Waals surface area contributed by atoms with Gasteiger partial charge in [0.25, 0.3) is 0 Å². The minimum atomic E-state index is -4.58. The van der Waals surface area contributed by atoms with Gasteiger partial charge in [0.05, 0.1) is 17.6 Å². The number of hydrogen-bond donors (Lipinski definition) is 1. The predicted molar refractivity (Wildman–Crippen MR) is 146 cm³/mol. The van der Waals surface area contributed by atoms with Crippen molar-refractivity contribution >= 4 is 28.6 Å². The molecule has 1 aliphatic heterocycles. The van der Waals surface area contributed by atoms with E-state index in [0.29, 0.717) is 47.4 Å². The molecule has 0 atom stereocenters. The number of halogens is 5. The quantitative estimate of drug-likeness (QED) is 0.222. The highest BCUT2D eigenvalue weighted by Gasteiger charge is 2.30. The van der Waals surface area contributed by atoms with Crippen LogP contribution in [0.3, 0.4) is 0 Å². The molecule has 1 N–H and O–H groups in total. The summed E-state index contributed by atoms with van der Waals surface area (Å²) >= 11 is 5.81. The molecular weight excluding hydrogens is 580 g/mol. The van der Waals surface area contributed by atoms with E-state index in [2.05, 4.69) is 14.9 Å². The summed E-state index contributed by atoms with van der Waals surface area (Å²) in [5.74, 6) is -0.801. The van der Waals surface area contributed by atoms with Crippen LogP contribution in [0.25, 0.3) is 11.0 Å². The number of benzene rings is 2. The molecule has 1 saturated heterocycles. The third-order valence-electron chi connectivity index (χ3n) is 7.19. The standard InChI is InChI=1S/C29H27ClF4N4O4/c1-37-23-11-19(28(39)40)12-24(42-16-29(32,33)34)27(23)36-25(37)14-38-9-7-17(8-10-38)22-3-2-4-26(35-22)41-15-18-5-6-20(30)13-21(18)31/h2-6,11-13,17H,7-10,14-16H2,1H3,(H,39,40). The topological polar surface area (TPSA) is 89.7 Å². The van der Waals surface area contributed by atoms with Gasteiger partial charge in [-0.2, -0.15) is 13.2 Å². The van der Waals surface area contributed by atoms with Gasteiger partial charge in [-0.05, 0) is 56.3 Å². The van der Waals surface area contributed by atoms with Crippen LogP contribution >= 0.6 is 11.6 Å². The lowest BCUT2D eigenvalue weighted by atomic mass is 9.93. The third-order valence-corrected chi connectivity index (χ3v) is 7.42. The van der Waals surface area contributed by atoms with Gasteiger partial charge >= 0.3 is 12.1 Å². The van der Waals surface area contributed by atoms with Crippen molar-refractivity contribution in [3.63, 3.8) is 0 Å². The molecule has 1 aliphatic rings. The molecule has 4 aromatic rings. The van der Waals surface area contributed by atoms with Gasteiger partial charge in [-0.1, -0.05) is 23.7 Å². The van der Waals surface area contributed by atoms with E-state index >= 15 is 0 Å². The van der Waals surface area contributed by atoms with E-state index in [0.717, 1.165) is 24.6 Å². The second kappa shape index (κ2) is 12.1. The fourth-order valence-corrected chi connectivity index (χ4v) is 5.11. The predicted octanol–water partition coefficient (Wildman–Crippen LogP) is 6.36. The SMILES string of the molecule is Cn1c(CN2CCC(c3cccc(OCc4ccc(Cl)cc4F)n3)CC2)nc2c(OCC(F)(F)F)cc(C(=O)O)cc21. The maximum atomic E-state index is 14.1.